The van der Waals surface area contributed by atoms with E-state index in [1.54, 1.807) is 12.1 Å². The summed E-state index contributed by atoms with van der Waals surface area (Å²) in [6.45, 7) is 2.35. The summed E-state index contributed by atoms with van der Waals surface area (Å²) in [6.07, 6.45) is 0.911. The number of nitrogens with zero attached hydrogens (tertiary/aromatic N) is 1. The predicted octanol–water partition coefficient (Wildman–Crippen LogP) is 3.59. The molecule has 0 spiro atoms. The van der Waals surface area contributed by atoms with Crippen molar-refractivity contribution in [1.29, 1.82) is 0 Å². The third kappa shape index (κ3) is 2.72. The molecule has 0 radical (unpaired) electrons. The van der Waals surface area contributed by atoms with Gasteiger partial charge in [0.25, 0.3) is 5.56 Å². The van der Waals surface area contributed by atoms with Crippen LogP contribution in [0.5, 0.6) is 0 Å². The fourth-order valence-electron chi connectivity index (χ4n) is 2.49. The first-order chi connectivity index (χ1) is 10.7. The number of halogens is 1. The van der Waals surface area contributed by atoms with Crippen LogP contribution in [0.1, 0.15) is 18.1 Å². The third-order valence-corrected chi connectivity index (χ3v) is 3.74. The lowest BCUT2D eigenvalue weighted by Crippen LogP contribution is -2.08. The fraction of sp³-hybridized carbons (Fsp3) is 0.167. The van der Waals surface area contributed by atoms with Gasteiger partial charge < -0.3 is 0 Å². The van der Waals surface area contributed by atoms with Crippen molar-refractivity contribution in [3.8, 4) is 11.1 Å². The number of hydrogen-bond donors (Lipinski definition) is 1. The number of H-pyrrole nitrogens is 1. The fourth-order valence-corrected chi connectivity index (χ4v) is 2.49. The van der Waals surface area contributed by atoms with Crippen LogP contribution in [0.15, 0.2) is 59.4 Å². The molecule has 2 aromatic carbocycles. The molecule has 0 bridgehead atoms. The molecule has 112 valence electrons. The van der Waals surface area contributed by atoms with Gasteiger partial charge in [0.05, 0.1) is 6.54 Å². The molecular weight excluding hydrogens is 279 g/mol. The normalized spacial score (nSPS) is 10.8. The highest BCUT2D eigenvalue weighted by Crippen LogP contribution is 2.20. The molecule has 1 aromatic heterocycles. The van der Waals surface area contributed by atoms with Gasteiger partial charge >= 0.3 is 0 Å². The van der Waals surface area contributed by atoms with Crippen molar-refractivity contribution in [2.45, 2.75) is 19.9 Å². The van der Waals surface area contributed by atoms with E-state index in [2.05, 4.69) is 12.0 Å². The van der Waals surface area contributed by atoms with E-state index in [1.807, 2.05) is 42.5 Å². The first-order valence-electron chi connectivity index (χ1n) is 7.30. The molecule has 0 aliphatic rings. The van der Waals surface area contributed by atoms with E-state index >= 15 is 0 Å². The average Bonchev–Trinajstić information content (AvgIpc) is 2.82. The van der Waals surface area contributed by atoms with Crippen LogP contribution in [0.25, 0.3) is 11.1 Å². The molecule has 0 saturated carbocycles. The molecule has 0 unspecified atom stereocenters. The topological polar surface area (TPSA) is 37.8 Å². The summed E-state index contributed by atoms with van der Waals surface area (Å²) < 4.78 is 15.8. The van der Waals surface area contributed by atoms with E-state index in [9.17, 15) is 9.18 Å². The summed E-state index contributed by atoms with van der Waals surface area (Å²) in [6, 6.07) is 16.9. The van der Waals surface area contributed by atoms with Crippen LogP contribution in [-0.4, -0.2) is 9.78 Å². The minimum absolute atomic E-state index is 0.0959. The Hall–Kier alpha value is -2.62. The second-order valence-electron chi connectivity index (χ2n) is 5.23. The van der Waals surface area contributed by atoms with E-state index in [-0.39, 0.29) is 5.56 Å². The maximum atomic E-state index is 14.6. The summed E-state index contributed by atoms with van der Waals surface area (Å²) in [4.78, 5) is 12.1. The monoisotopic (exact) mass is 296 g/mol. The van der Waals surface area contributed by atoms with Gasteiger partial charge in [-0.2, -0.15) is 4.39 Å². The Morgan fingerprint density at radius 2 is 1.68 bits per heavy atom. The molecule has 0 aliphatic heterocycles. The predicted molar refractivity (Wildman–Crippen MR) is 85.4 cm³/mol. The Bertz CT molecular complexity index is 817. The lowest BCUT2D eigenvalue weighted by atomic mass is 10.1. The summed E-state index contributed by atoms with van der Waals surface area (Å²) in [5, 5.41) is 2.57. The summed E-state index contributed by atoms with van der Waals surface area (Å²) in [7, 11) is 0. The summed E-state index contributed by atoms with van der Waals surface area (Å²) in [5.41, 5.74) is 2.38. The second-order valence-corrected chi connectivity index (χ2v) is 5.23. The number of aryl methyl sites for hydroxylation is 1. The van der Waals surface area contributed by atoms with E-state index in [1.165, 1.54) is 4.68 Å². The van der Waals surface area contributed by atoms with Crippen LogP contribution in [-0.2, 0) is 13.0 Å². The van der Waals surface area contributed by atoms with E-state index in [0.29, 0.717) is 12.1 Å². The lowest BCUT2D eigenvalue weighted by molar-refractivity contribution is 0.481. The quantitative estimate of drug-likeness (QED) is 0.785. The first kappa shape index (κ1) is 14.3. The van der Waals surface area contributed by atoms with Crippen LogP contribution in [0.3, 0.4) is 0 Å². The van der Waals surface area contributed by atoms with Gasteiger partial charge in [-0.1, -0.05) is 61.5 Å². The molecule has 4 heteroatoms. The molecule has 1 heterocycles. The van der Waals surface area contributed by atoms with Gasteiger partial charge in [0, 0.05) is 0 Å². The summed E-state index contributed by atoms with van der Waals surface area (Å²) >= 11 is 0. The molecule has 0 fully saturated rings. The van der Waals surface area contributed by atoms with E-state index in [0.717, 1.165) is 17.5 Å². The average molecular weight is 296 g/mol. The first-order valence-corrected chi connectivity index (χ1v) is 7.30. The van der Waals surface area contributed by atoms with Crippen LogP contribution >= 0.6 is 0 Å². The Morgan fingerprint density at radius 3 is 2.32 bits per heavy atom. The molecule has 0 saturated heterocycles. The molecule has 1 N–H and O–H groups in total. The Kier molecular flexibility index (Phi) is 3.92. The molecule has 3 rings (SSSR count). The smallest absolute Gasteiger partial charge is 0.267 e. The molecule has 0 aliphatic carbocycles. The highest BCUT2D eigenvalue weighted by atomic mass is 19.1. The zero-order valence-corrected chi connectivity index (χ0v) is 12.3. The van der Waals surface area contributed by atoms with Crippen molar-refractivity contribution in [3.05, 3.63) is 82.0 Å². The van der Waals surface area contributed by atoms with Crippen molar-refractivity contribution in [2.75, 3.05) is 0 Å². The second kappa shape index (κ2) is 6.02. The van der Waals surface area contributed by atoms with Crippen LogP contribution in [0.2, 0.25) is 0 Å². The lowest BCUT2D eigenvalue weighted by Gasteiger charge is -2.04. The Labute approximate surface area is 128 Å². The van der Waals surface area contributed by atoms with Crippen LogP contribution in [0, 0.1) is 5.95 Å². The van der Waals surface area contributed by atoms with Gasteiger partial charge in [-0.25, -0.2) is 0 Å². The molecule has 3 aromatic rings. The van der Waals surface area contributed by atoms with Crippen LogP contribution in [0.4, 0.5) is 4.39 Å². The Morgan fingerprint density at radius 1 is 1.00 bits per heavy atom. The number of aromatic amines is 1. The third-order valence-electron chi connectivity index (χ3n) is 3.74. The van der Waals surface area contributed by atoms with Crippen LogP contribution < -0.4 is 5.56 Å². The minimum Gasteiger partial charge on any atom is -0.267 e. The SMILES string of the molecule is CCc1ccc(-c2c(F)n(Cc3ccccc3)[nH]c2=O)cc1. The maximum absolute atomic E-state index is 14.6. The molecule has 3 nitrogen and oxygen atoms in total. The van der Waals surface area contributed by atoms with Gasteiger partial charge in [0.2, 0.25) is 5.95 Å². The number of rotatable bonds is 4. The standard InChI is InChI=1S/C18H17FN2O/c1-2-13-8-10-15(11-9-13)16-17(19)21(20-18(16)22)12-14-6-4-3-5-7-14/h3-11H,2,12H2,1H3,(H,20,22). The largest absolute Gasteiger partial charge is 0.275 e. The maximum Gasteiger partial charge on any atom is 0.275 e. The molecule has 0 amide bonds. The summed E-state index contributed by atoms with van der Waals surface area (Å²) in [5.74, 6) is -0.530. The van der Waals surface area contributed by atoms with E-state index < -0.39 is 11.5 Å². The number of nitrogens with one attached hydrogen (secondary N) is 1. The van der Waals surface area contributed by atoms with Gasteiger partial charge in [-0.3, -0.25) is 14.6 Å². The van der Waals surface area contributed by atoms with Crippen molar-refractivity contribution in [1.82, 2.24) is 9.78 Å². The van der Waals surface area contributed by atoms with Gasteiger partial charge in [-0.05, 0) is 23.1 Å². The van der Waals surface area contributed by atoms with Crippen molar-refractivity contribution in [2.24, 2.45) is 0 Å². The minimum atomic E-state index is -0.530. The zero-order chi connectivity index (χ0) is 15.5. The number of aromatic nitrogens is 2. The zero-order valence-electron chi connectivity index (χ0n) is 12.3. The van der Waals surface area contributed by atoms with Crippen molar-refractivity contribution < 1.29 is 4.39 Å². The van der Waals surface area contributed by atoms with E-state index in [4.69, 9.17) is 0 Å². The highest BCUT2D eigenvalue weighted by molar-refractivity contribution is 5.62. The van der Waals surface area contributed by atoms with Gasteiger partial charge in [0.15, 0.2) is 0 Å². The Balaban J connectivity index is 1.97. The highest BCUT2D eigenvalue weighted by Gasteiger charge is 2.16. The van der Waals surface area contributed by atoms with Gasteiger partial charge in [-0.15, -0.1) is 0 Å². The van der Waals surface area contributed by atoms with Gasteiger partial charge in [0.1, 0.15) is 5.56 Å². The molecule has 22 heavy (non-hydrogen) atoms. The molecule has 0 atom stereocenters. The number of hydrogen-bond acceptors (Lipinski definition) is 1. The van der Waals surface area contributed by atoms with Crippen molar-refractivity contribution >= 4 is 0 Å². The van der Waals surface area contributed by atoms with Crippen molar-refractivity contribution in [3.63, 3.8) is 0 Å². The molecular formula is C18H17FN2O. The number of benzene rings is 2.